The number of carbonyl (C=O) groups excluding carboxylic acids is 2. The van der Waals surface area contributed by atoms with Gasteiger partial charge in [-0.2, -0.15) is 0 Å². The summed E-state index contributed by atoms with van der Waals surface area (Å²) in [7, 11) is 0. The fraction of sp³-hybridized carbons (Fsp3) is 0.444. The largest absolute Gasteiger partial charge is 0.309 e. The van der Waals surface area contributed by atoms with Crippen molar-refractivity contribution in [2.24, 2.45) is 11.8 Å². The van der Waals surface area contributed by atoms with Crippen molar-refractivity contribution in [3.63, 3.8) is 0 Å². The highest BCUT2D eigenvalue weighted by atomic mass is 35.5. The standard InChI is InChI=1S/C18H23Cl2N3O2/c1-4-10(2)18-17(16(25)9-24)13(8-21-18)11(3)22-23-12-5-6-14(19)15(20)7-12/h5-7,9-10,17-18,21-23H,4,8H2,1-3H3. The maximum Gasteiger partial charge on any atom is 0.203 e. The predicted molar refractivity (Wildman–Crippen MR) is 102 cm³/mol. The molecule has 1 aliphatic rings. The fourth-order valence-corrected chi connectivity index (χ4v) is 3.36. The van der Waals surface area contributed by atoms with Gasteiger partial charge in [0.05, 0.1) is 21.7 Å². The van der Waals surface area contributed by atoms with Gasteiger partial charge in [0.15, 0.2) is 6.29 Å². The van der Waals surface area contributed by atoms with E-state index in [0.29, 0.717) is 28.8 Å². The summed E-state index contributed by atoms with van der Waals surface area (Å²) in [6, 6.07) is 5.17. The van der Waals surface area contributed by atoms with Gasteiger partial charge in [0.2, 0.25) is 5.78 Å². The number of hydrogen-bond donors (Lipinski definition) is 3. The van der Waals surface area contributed by atoms with Gasteiger partial charge in [-0.1, -0.05) is 43.5 Å². The monoisotopic (exact) mass is 383 g/mol. The molecule has 136 valence electrons. The highest BCUT2D eigenvalue weighted by Gasteiger charge is 2.39. The number of anilines is 1. The van der Waals surface area contributed by atoms with E-state index in [9.17, 15) is 9.59 Å². The highest BCUT2D eigenvalue weighted by molar-refractivity contribution is 6.42. The van der Waals surface area contributed by atoms with E-state index in [2.05, 4.69) is 30.0 Å². The Kier molecular flexibility index (Phi) is 6.87. The van der Waals surface area contributed by atoms with Gasteiger partial charge in [0.25, 0.3) is 0 Å². The number of Topliss-reactive ketones (excluding diaryl/α,β-unsaturated/α-hetero) is 1. The average molecular weight is 384 g/mol. The SMILES string of the molecule is CCC(C)C1NCC(=C(C)NNc2ccc(Cl)c(Cl)c2)C1C(=O)C=O. The summed E-state index contributed by atoms with van der Waals surface area (Å²) in [5, 5.41) is 4.31. The minimum Gasteiger partial charge on any atom is -0.309 e. The van der Waals surface area contributed by atoms with Crippen molar-refractivity contribution in [1.82, 2.24) is 10.7 Å². The van der Waals surface area contributed by atoms with Crippen LogP contribution in [0.4, 0.5) is 5.69 Å². The molecule has 3 atom stereocenters. The minimum atomic E-state index is -0.435. The van der Waals surface area contributed by atoms with Crippen molar-refractivity contribution in [2.45, 2.75) is 33.2 Å². The molecule has 1 fully saturated rings. The maximum atomic E-state index is 12.2. The topological polar surface area (TPSA) is 70.2 Å². The van der Waals surface area contributed by atoms with E-state index in [-0.39, 0.29) is 11.8 Å². The zero-order valence-electron chi connectivity index (χ0n) is 14.5. The normalized spacial score (nSPS) is 23.1. The van der Waals surface area contributed by atoms with Crippen LogP contribution in [-0.2, 0) is 9.59 Å². The molecule has 0 aromatic heterocycles. The van der Waals surface area contributed by atoms with E-state index in [4.69, 9.17) is 23.2 Å². The molecular weight excluding hydrogens is 361 g/mol. The first-order valence-electron chi connectivity index (χ1n) is 8.28. The van der Waals surface area contributed by atoms with Gasteiger partial charge in [-0.05, 0) is 36.6 Å². The highest BCUT2D eigenvalue weighted by Crippen LogP contribution is 2.30. The molecular formula is C18H23Cl2N3O2. The Morgan fingerprint density at radius 1 is 1.40 bits per heavy atom. The zero-order chi connectivity index (χ0) is 18.6. The number of benzene rings is 1. The van der Waals surface area contributed by atoms with Crippen LogP contribution in [-0.4, -0.2) is 24.7 Å². The van der Waals surface area contributed by atoms with Crippen molar-refractivity contribution in [3.8, 4) is 0 Å². The Hall–Kier alpha value is -1.56. The van der Waals surface area contributed by atoms with Crippen molar-refractivity contribution in [2.75, 3.05) is 12.0 Å². The minimum absolute atomic E-state index is 0.0283. The molecule has 7 heteroatoms. The van der Waals surface area contributed by atoms with Gasteiger partial charge in [0.1, 0.15) is 0 Å². The Balaban J connectivity index is 2.18. The lowest BCUT2D eigenvalue weighted by atomic mass is 9.83. The number of hydrogen-bond acceptors (Lipinski definition) is 5. The smallest absolute Gasteiger partial charge is 0.203 e. The lowest BCUT2D eigenvalue weighted by Gasteiger charge is -2.24. The van der Waals surface area contributed by atoms with Crippen LogP contribution < -0.4 is 16.2 Å². The number of nitrogens with one attached hydrogen (secondary N) is 3. The molecule has 3 N–H and O–H groups in total. The molecule has 0 saturated carbocycles. The van der Waals surface area contributed by atoms with Crippen LogP contribution in [0.15, 0.2) is 29.5 Å². The van der Waals surface area contributed by atoms with Crippen LogP contribution >= 0.6 is 23.2 Å². The van der Waals surface area contributed by atoms with Gasteiger partial charge >= 0.3 is 0 Å². The summed E-state index contributed by atoms with van der Waals surface area (Å²) in [6.45, 7) is 6.61. The van der Waals surface area contributed by atoms with Crippen LogP contribution in [0.5, 0.6) is 0 Å². The number of allylic oxidation sites excluding steroid dienone is 1. The van der Waals surface area contributed by atoms with Crippen LogP contribution in [0, 0.1) is 11.8 Å². The molecule has 0 spiro atoms. The molecule has 1 heterocycles. The van der Waals surface area contributed by atoms with Crippen LogP contribution in [0.1, 0.15) is 27.2 Å². The molecule has 5 nitrogen and oxygen atoms in total. The average Bonchev–Trinajstić information content (AvgIpc) is 3.06. The molecule has 0 amide bonds. The second-order valence-corrected chi connectivity index (χ2v) is 7.13. The molecule has 1 aliphatic heterocycles. The first-order chi connectivity index (χ1) is 11.9. The van der Waals surface area contributed by atoms with Crippen molar-refractivity contribution in [3.05, 3.63) is 39.5 Å². The first-order valence-corrected chi connectivity index (χ1v) is 9.03. The molecule has 0 bridgehead atoms. The third kappa shape index (κ3) is 4.54. The molecule has 0 aliphatic carbocycles. The lowest BCUT2D eigenvalue weighted by Crippen LogP contribution is -2.37. The van der Waals surface area contributed by atoms with Gasteiger partial charge in [0, 0.05) is 18.3 Å². The number of ketones is 1. The molecule has 25 heavy (non-hydrogen) atoms. The Labute approximate surface area is 158 Å². The number of halogens is 2. The second-order valence-electron chi connectivity index (χ2n) is 6.32. The summed E-state index contributed by atoms with van der Waals surface area (Å²) in [5.74, 6) is -0.529. The molecule has 2 rings (SSSR count). The summed E-state index contributed by atoms with van der Waals surface area (Å²) >= 11 is 11.9. The summed E-state index contributed by atoms with van der Waals surface area (Å²) < 4.78 is 0. The van der Waals surface area contributed by atoms with E-state index < -0.39 is 5.92 Å². The number of hydrazine groups is 1. The van der Waals surface area contributed by atoms with E-state index in [1.807, 2.05) is 6.92 Å². The summed E-state index contributed by atoms with van der Waals surface area (Å²) in [6.07, 6.45) is 1.36. The maximum absolute atomic E-state index is 12.2. The Morgan fingerprint density at radius 3 is 2.72 bits per heavy atom. The summed E-state index contributed by atoms with van der Waals surface area (Å²) in [4.78, 5) is 23.3. The zero-order valence-corrected chi connectivity index (χ0v) is 16.0. The van der Waals surface area contributed by atoms with Gasteiger partial charge in [-0.15, -0.1) is 0 Å². The first kappa shape index (κ1) is 19.8. The van der Waals surface area contributed by atoms with Crippen molar-refractivity contribution >= 4 is 41.0 Å². The van der Waals surface area contributed by atoms with Crippen LogP contribution in [0.2, 0.25) is 10.0 Å². The van der Waals surface area contributed by atoms with E-state index >= 15 is 0 Å². The van der Waals surface area contributed by atoms with Crippen molar-refractivity contribution < 1.29 is 9.59 Å². The van der Waals surface area contributed by atoms with Gasteiger partial charge < -0.3 is 16.2 Å². The summed E-state index contributed by atoms with van der Waals surface area (Å²) in [5.41, 5.74) is 8.60. The molecule has 1 aromatic carbocycles. The molecule has 1 aromatic rings. The number of carbonyl (C=O) groups is 2. The molecule has 1 saturated heterocycles. The number of rotatable bonds is 7. The Bertz CT molecular complexity index is 691. The van der Waals surface area contributed by atoms with Crippen molar-refractivity contribution in [1.29, 1.82) is 0 Å². The number of aldehydes is 1. The van der Waals surface area contributed by atoms with E-state index in [1.165, 1.54) is 0 Å². The molecule has 0 radical (unpaired) electrons. The lowest BCUT2D eigenvalue weighted by molar-refractivity contribution is -0.132. The third-order valence-corrected chi connectivity index (χ3v) is 5.48. The Morgan fingerprint density at radius 2 is 2.12 bits per heavy atom. The van der Waals surface area contributed by atoms with Gasteiger partial charge in [-0.25, -0.2) is 0 Å². The molecule has 3 unspecified atom stereocenters. The fourth-order valence-electron chi connectivity index (χ4n) is 3.06. The van der Waals surface area contributed by atoms with E-state index in [0.717, 1.165) is 23.4 Å². The second kappa shape index (κ2) is 8.70. The van der Waals surface area contributed by atoms with Gasteiger partial charge in [-0.3, -0.25) is 9.59 Å². The predicted octanol–water partition coefficient (Wildman–Crippen LogP) is 3.59. The van der Waals surface area contributed by atoms with E-state index in [1.54, 1.807) is 18.2 Å². The van der Waals surface area contributed by atoms with Crippen LogP contribution in [0.25, 0.3) is 0 Å². The quantitative estimate of drug-likeness (QED) is 0.381. The van der Waals surface area contributed by atoms with Crippen LogP contribution in [0.3, 0.4) is 0 Å². The third-order valence-electron chi connectivity index (χ3n) is 4.74.